The summed E-state index contributed by atoms with van der Waals surface area (Å²) in [6.07, 6.45) is 0. The highest BCUT2D eigenvalue weighted by atomic mass is 35.5. The number of benzene rings is 1. The number of aromatic nitrogens is 4. The molecule has 2 rings (SSSR count). The molecule has 0 unspecified atom stereocenters. The topological polar surface area (TPSA) is 102 Å². The van der Waals surface area contributed by atoms with Crippen LogP contribution >= 0.6 is 23.4 Å². The number of amides is 2. The average Bonchev–Trinajstić information content (AvgIpc) is 2.88. The van der Waals surface area contributed by atoms with Gasteiger partial charge in [-0.15, -0.1) is 5.10 Å². The van der Waals surface area contributed by atoms with Crippen LogP contribution in [-0.2, 0) is 11.8 Å². The predicted molar refractivity (Wildman–Crippen MR) is 76.6 cm³/mol. The number of thioether (sulfide) groups is 1. The first-order valence-corrected chi connectivity index (χ1v) is 7.12. The van der Waals surface area contributed by atoms with Gasteiger partial charge < -0.3 is 0 Å². The highest BCUT2D eigenvalue weighted by Gasteiger charge is 2.09. The molecule has 2 amide bonds. The third-order valence-electron chi connectivity index (χ3n) is 2.34. The molecule has 10 heteroatoms. The summed E-state index contributed by atoms with van der Waals surface area (Å²) < 4.78 is 1.45. The molecule has 2 N–H and O–H groups in total. The summed E-state index contributed by atoms with van der Waals surface area (Å²) in [6.45, 7) is 0. The molecule has 0 aliphatic carbocycles. The molecule has 0 saturated heterocycles. The van der Waals surface area contributed by atoms with E-state index in [0.29, 0.717) is 15.7 Å². The third kappa shape index (κ3) is 4.43. The number of rotatable bonds is 4. The minimum atomic E-state index is -0.426. The minimum Gasteiger partial charge on any atom is -0.272 e. The fourth-order valence-electron chi connectivity index (χ4n) is 1.31. The van der Waals surface area contributed by atoms with Crippen molar-refractivity contribution in [3.63, 3.8) is 0 Å². The van der Waals surface area contributed by atoms with E-state index in [0.717, 1.165) is 11.8 Å². The molecule has 1 aromatic heterocycles. The summed E-state index contributed by atoms with van der Waals surface area (Å²) in [7, 11) is 1.67. The van der Waals surface area contributed by atoms with Gasteiger partial charge in [-0.3, -0.25) is 20.4 Å². The highest BCUT2D eigenvalue weighted by molar-refractivity contribution is 7.99. The highest BCUT2D eigenvalue weighted by Crippen LogP contribution is 2.11. The van der Waals surface area contributed by atoms with Crippen LogP contribution in [0.2, 0.25) is 5.02 Å². The Labute approximate surface area is 129 Å². The van der Waals surface area contributed by atoms with Gasteiger partial charge in [0.05, 0.1) is 5.75 Å². The van der Waals surface area contributed by atoms with Gasteiger partial charge in [-0.05, 0) is 34.7 Å². The normalized spacial score (nSPS) is 10.2. The molecule has 0 radical (unpaired) electrons. The zero-order valence-electron chi connectivity index (χ0n) is 10.9. The van der Waals surface area contributed by atoms with E-state index in [1.54, 1.807) is 31.3 Å². The molecule has 2 aromatic rings. The van der Waals surface area contributed by atoms with Crippen molar-refractivity contribution in [2.24, 2.45) is 7.05 Å². The first kappa shape index (κ1) is 15.3. The molecular formula is C11H11ClN6O2S. The maximum Gasteiger partial charge on any atom is 0.269 e. The summed E-state index contributed by atoms with van der Waals surface area (Å²) in [6, 6.07) is 6.30. The minimum absolute atomic E-state index is 0.0785. The summed E-state index contributed by atoms with van der Waals surface area (Å²) >= 11 is 6.88. The zero-order chi connectivity index (χ0) is 15.2. The van der Waals surface area contributed by atoms with Crippen LogP contribution in [0.15, 0.2) is 29.4 Å². The Morgan fingerprint density at radius 2 is 2.00 bits per heavy atom. The number of aryl methyl sites for hydroxylation is 1. The van der Waals surface area contributed by atoms with Gasteiger partial charge in [0.1, 0.15) is 0 Å². The van der Waals surface area contributed by atoms with Crippen molar-refractivity contribution in [2.45, 2.75) is 5.16 Å². The Morgan fingerprint density at radius 1 is 1.29 bits per heavy atom. The van der Waals surface area contributed by atoms with E-state index >= 15 is 0 Å². The van der Waals surface area contributed by atoms with Crippen LogP contribution in [0.3, 0.4) is 0 Å². The van der Waals surface area contributed by atoms with E-state index in [2.05, 4.69) is 26.4 Å². The summed E-state index contributed by atoms with van der Waals surface area (Å²) in [5.74, 6) is -0.717. The molecular weight excluding hydrogens is 316 g/mol. The van der Waals surface area contributed by atoms with Crippen LogP contribution in [-0.4, -0.2) is 37.8 Å². The van der Waals surface area contributed by atoms with Crippen LogP contribution in [0.5, 0.6) is 0 Å². The van der Waals surface area contributed by atoms with Crippen molar-refractivity contribution >= 4 is 35.2 Å². The second kappa shape index (κ2) is 7.04. The standard InChI is InChI=1S/C11H11ClN6O2S/c1-18-11(15-16-17-18)21-6-9(19)13-14-10(20)7-2-4-8(12)5-3-7/h2-5H,6H2,1H3,(H,13,19)(H,14,20). The molecule has 0 bridgehead atoms. The van der Waals surface area contributed by atoms with E-state index in [1.807, 2.05) is 0 Å². The molecule has 0 spiro atoms. The largest absolute Gasteiger partial charge is 0.272 e. The molecule has 1 aromatic carbocycles. The van der Waals surface area contributed by atoms with Gasteiger partial charge in [-0.25, -0.2) is 4.68 Å². The van der Waals surface area contributed by atoms with E-state index in [1.165, 1.54) is 4.68 Å². The fourth-order valence-corrected chi connectivity index (χ4v) is 2.09. The molecule has 1 heterocycles. The molecule has 0 aliphatic heterocycles. The number of hydrazine groups is 1. The smallest absolute Gasteiger partial charge is 0.269 e. The fraction of sp³-hybridized carbons (Fsp3) is 0.182. The van der Waals surface area contributed by atoms with Gasteiger partial charge in [-0.1, -0.05) is 23.4 Å². The number of halogens is 1. The third-order valence-corrected chi connectivity index (χ3v) is 3.60. The van der Waals surface area contributed by atoms with Crippen molar-refractivity contribution in [1.82, 2.24) is 31.1 Å². The molecule has 0 aliphatic rings. The number of nitrogens with one attached hydrogen (secondary N) is 2. The van der Waals surface area contributed by atoms with Crippen molar-refractivity contribution < 1.29 is 9.59 Å². The number of hydrogen-bond donors (Lipinski definition) is 2. The van der Waals surface area contributed by atoms with Gasteiger partial charge in [0.25, 0.3) is 5.91 Å². The predicted octanol–water partition coefficient (Wildman–Crippen LogP) is 0.417. The number of tetrazole rings is 1. The summed E-state index contributed by atoms with van der Waals surface area (Å²) in [4.78, 5) is 23.3. The Hall–Kier alpha value is -2.13. The van der Waals surface area contributed by atoms with Crippen LogP contribution in [0.25, 0.3) is 0 Å². The van der Waals surface area contributed by atoms with Gasteiger partial charge >= 0.3 is 0 Å². The van der Waals surface area contributed by atoms with Crippen molar-refractivity contribution in [1.29, 1.82) is 0 Å². The first-order chi connectivity index (χ1) is 10.1. The molecule has 21 heavy (non-hydrogen) atoms. The second-order valence-electron chi connectivity index (χ2n) is 3.88. The zero-order valence-corrected chi connectivity index (χ0v) is 12.5. The average molecular weight is 327 g/mol. The van der Waals surface area contributed by atoms with Crippen LogP contribution in [0, 0.1) is 0 Å². The van der Waals surface area contributed by atoms with Crippen LogP contribution in [0.1, 0.15) is 10.4 Å². The van der Waals surface area contributed by atoms with Crippen LogP contribution in [0.4, 0.5) is 0 Å². The summed E-state index contributed by atoms with van der Waals surface area (Å²) in [5.41, 5.74) is 5.01. The van der Waals surface area contributed by atoms with Crippen LogP contribution < -0.4 is 10.9 Å². The monoisotopic (exact) mass is 326 g/mol. The Bertz CT molecular complexity index is 644. The lowest BCUT2D eigenvalue weighted by Gasteiger charge is -2.06. The van der Waals surface area contributed by atoms with Gasteiger partial charge in [-0.2, -0.15) is 0 Å². The number of hydrogen-bond acceptors (Lipinski definition) is 6. The van der Waals surface area contributed by atoms with Crippen molar-refractivity contribution in [3.05, 3.63) is 34.9 Å². The number of carbonyl (C=O) groups is 2. The Kier molecular flexibility index (Phi) is 5.12. The SMILES string of the molecule is Cn1nnnc1SCC(=O)NNC(=O)c1ccc(Cl)cc1. The lowest BCUT2D eigenvalue weighted by molar-refractivity contribution is -0.119. The molecule has 0 fully saturated rings. The van der Waals surface area contributed by atoms with Crippen molar-refractivity contribution in [2.75, 3.05) is 5.75 Å². The first-order valence-electron chi connectivity index (χ1n) is 5.76. The Morgan fingerprint density at radius 3 is 2.62 bits per heavy atom. The molecule has 0 saturated carbocycles. The Balaban J connectivity index is 1.77. The van der Waals surface area contributed by atoms with Gasteiger partial charge in [0.15, 0.2) is 0 Å². The lowest BCUT2D eigenvalue weighted by Crippen LogP contribution is -2.42. The lowest BCUT2D eigenvalue weighted by atomic mass is 10.2. The maximum atomic E-state index is 11.7. The van der Waals surface area contributed by atoms with Gasteiger partial charge in [0, 0.05) is 17.6 Å². The van der Waals surface area contributed by atoms with E-state index in [4.69, 9.17) is 11.6 Å². The molecule has 8 nitrogen and oxygen atoms in total. The van der Waals surface area contributed by atoms with E-state index < -0.39 is 5.91 Å². The molecule has 110 valence electrons. The van der Waals surface area contributed by atoms with Gasteiger partial charge in [0.2, 0.25) is 11.1 Å². The van der Waals surface area contributed by atoms with E-state index in [9.17, 15) is 9.59 Å². The number of nitrogens with zero attached hydrogens (tertiary/aromatic N) is 4. The number of carbonyl (C=O) groups excluding carboxylic acids is 2. The maximum absolute atomic E-state index is 11.7. The molecule has 0 atom stereocenters. The van der Waals surface area contributed by atoms with Crippen molar-refractivity contribution in [3.8, 4) is 0 Å². The van der Waals surface area contributed by atoms with E-state index in [-0.39, 0.29) is 11.7 Å². The quantitative estimate of drug-likeness (QED) is 0.623. The summed E-state index contributed by atoms with van der Waals surface area (Å²) in [5, 5.41) is 11.9. The second-order valence-corrected chi connectivity index (χ2v) is 5.26.